The Labute approximate surface area is 187 Å². The molecular formula is C26H22Cl2N2. The van der Waals surface area contributed by atoms with Gasteiger partial charge in [0.2, 0.25) is 0 Å². The Morgan fingerprint density at radius 1 is 1.00 bits per heavy atom. The van der Waals surface area contributed by atoms with Crippen LogP contribution in [-0.4, -0.2) is 6.21 Å². The Morgan fingerprint density at radius 2 is 1.77 bits per heavy atom. The molecule has 2 nitrogen and oxygen atoms in total. The van der Waals surface area contributed by atoms with Gasteiger partial charge in [0.15, 0.2) is 0 Å². The standard InChI is InChI=1S/C26H22Cl2N2/c1-16-8-13-25-21(14-16)19-4-2-5-20(19)26(30-25)17-9-11-18(12-10-17)29-15-22-23(27)6-3-7-24(22)28/h2-4,6-15,19-20,26,30H,5H2,1H3. The zero-order valence-electron chi connectivity index (χ0n) is 16.6. The summed E-state index contributed by atoms with van der Waals surface area (Å²) in [4.78, 5) is 4.57. The molecule has 3 unspecified atom stereocenters. The molecule has 30 heavy (non-hydrogen) atoms. The third kappa shape index (κ3) is 3.55. The first-order valence-corrected chi connectivity index (χ1v) is 11.0. The minimum absolute atomic E-state index is 0.288. The molecule has 1 aliphatic carbocycles. The molecule has 2 aliphatic rings. The molecule has 4 heteroatoms. The number of nitrogens with zero attached hydrogens (tertiary/aromatic N) is 1. The summed E-state index contributed by atoms with van der Waals surface area (Å²) >= 11 is 12.5. The average Bonchev–Trinajstić information content (AvgIpc) is 3.24. The average molecular weight is 433 g/mol. The van der Waals surface area contributed by atoms with Crippen LogP contribution >= 0.6 is 23.2 Å². The predicted molar refractivity (Wildman–Crippen MR) is 128 cm³/mol. The van der Waals surface area contributed by atoms with E-state index in [2.05, 4.69) is 71.8 Å². The van der Waals surface area contributed by atoms with E-state index in [0.717, 1.165) is 17.7 Å². The first-order chi connectivity index (χ1) is 14.6. The van der Waals surface area contributed by atoms with E-state index in [9.17, 15) is 0 Å². The SMILES string of the molecule is Cc1ccc2c(c1)C1C=CCC1C(c1ccc(N=Cc3c(Cl)cccc3Cl)cc1)N2. The third-order valence-electron chi connectivity index (χ3n) is 6.11. The molecule has 0 radical (unpaired) electrons. The van der Waals surface area contributed by atoms with E-state index in [0.29, 0.717) is 21.9 Å². The van der Waals surface area contributed by atoms with Crippen LogP contribution in [0.25, 0.3) is 0 Å². The Kier molecular flexibility index (Phi) is 5.14. The van der Waals surface area contributed by atoms with Gasteiger partial charge in [-0.05, 0) is 60.7 Å². The van der Waals surface area contributed by atoms with E-state index in [1.165, 1.54) is 22.4 Å². The van der Waals surface area contributed by atoms with Crippen LogP contribution in [-0.2, 0) is 0 Å². The Balaban J connectivity index is 1.41. The highest BCUT2D eigenvalue weighted by atomic mass is 35.5. The zero-order chi connectivity index (χ0) is 20.7. The number of rotatable bonds is 3. The fourth-order valence-corrected chi connectivity index (χ4v) is 5.08. The number of aliphatic imine (C=N–C) groups is 1. The molecule has 1 aliphatic heterocycles. The molecule has 3 aromatic carbocycles. The van der Waals surface area contributed by atoms with Crippen molar-refractivity contribution in [1.82, 2.24) is 0 Å². The number of nitrogens with one attached hydrogen (secondary N) is 1. The summed E-state index contributed by atoms with van der Waals surface area (Å²) in [5, 5.41) is 4.99. The molecule has 0 aromatic heterocycles. The number of anilines is 1. The monoisotopic (exact) mass is 432 g/mol. The maximum Gasteiger partial charge on any atom is 0.0630 e. The summed E-state index contributed by atoms with van der Waals surface area (Å²) in [7, 11) is 0. The van der Waals surface area contributed by atoms with Gasteiger partial charge in [0.05, 0.1) is 21.8 Å². The van der Waals surface area contributed by atoms with Gasteiger partial charge < -0.3 is 5.32 Å². The fourth-order valence-electron chi connectivity index (χ4n) is 4.58. The van der Waals surface area contributed by atoms with Gasteiger partial charge in [0.1, 0.15) is 0 Å². The highest BCUT2D eigenvalue weighted by Gasteiger charge is 2.37. The number of allylic oxidation sites excluding steroid dienone is 2. The van der Waals surface area contributed by atoms with Gasteiger partial charge in [-0.1, -0.05) is 71.2 Å². The van der Waals surface area contributed by atoms with Crippen LogP contribution in [0.15, 0.2) is 77.8 Å². The van der Waals surface area contributed by atoms with Crippen LogP contribution in [0, 0.1) is 12.8 Å². The lowest BCUT2D eigenvalue weighted by Gasteiger charge is -2.37. The maximum absolute atomic E-state index is 6.24. The first-order valence-electron chi connectivity index (χ1n) is 10.2. The smallest absolute Gasteiger partial charge is 0.0630 e. The second-order valence-corrected chi connectivity index (χ2v) is 8.87. The van der Waals surface area contributed by atoms with E-state index in [1.54, 1.807) is 6.21 Å². The number of hydrogen-bond donors (Lipinski definition) is 1. The summed E-state index contributed by atoms with van der Waals surface area (Å²) in [5.74, 6) is 1.02. The van der Waals surface area contributed by atoms with E-state index < -0.39 is 0 Å². The summed E-state index contributed by atoms with van der Waals surface area (Å²) in [6, 6.07) is 20.9. The molecule has 0 amide bonds. The van der Waals surface area contributed by atoms with E-state index >= 15 is 0 Å². The van der Waals surface area contributed by atoms with Gasteiger partial charge >= 0.3 is 0 Å². The molecule has 1 N–H and O–H groups in total. The van der Waals surface area contributed by atoms with Crippen molar-refractivity contribution in [3.8, 4) is 0 Å². The van der Waals surface area contributed by atoms with Crippen LogP contribution in [0.4, 0.5) is 11.4 Å². The molecule has 3 atom stereocenters. The summed E-state index contributed by atoms with van der Waals surface area (Å²) in [5.41, 5.74) is 6.88. The van der Waals surface area contributed by atoms with Crippen molar-refractivity contribution in [3.05, 3.63) is 105 Å². The second kappa shape index (κ2) is 7.94. The van der Waals surface area contributed by atoms with Gasteiger partial charge in [-0.2, -0.15) is 0 Å². The molecule has 0 spiro atoms. The highest BCUT2D eigenvalue weighted by molar-refractivity contribution is 6.38. The van der Waals surface area contributed by atoms with Gasteiger partial charge in [0.25, 0.3) is 0 Å². The van der Waals surface area contributed by atoms with Crippen LogP contribution < -0.4 is 5.32 Å². The second-order valence-electron chi connectivity index (χ2n) is 8.05. The van der Waals surface area contributed by atoms with Crippen LogP contribution in [0.2, 0.25) is 10.0 Å². The molecule has 0 bridgehead atoms. The lowest BCUT2D eigenvalue weighted by molar-refractivity contribution is 0.425. The molecule has 3 aromatic rings. The number of fused-ring (bicyclic) bond motifs is 3. The van der Waals surface area contributed by atoms with E-state index in [-0.39, 0.29) is 6.04 Å². The van der Waals surface area contributed by atoms with Gasteiger partial charge in [-0.3, -0.25) is 4.99 Å². The Morgan fingerprint density at radius 3 is 2.53 bits per heavy atom. The van der Waals surface area contributed by atoms with Crippen molar-refractivity contribution >= 4 is 40.8 Å². The first kappa shape index (κ1) is 19.4. The lowest BCUT2D eigenvalue weighted by atomic mass is 9.76. The lowest BCUT2D eigenvalue weighted by Crippen LogP contribution is -2.29. The Hall–Kier alpha value is -2.55. The number of benzene rings is 3. The van der Waals surface area contributed by atoms with Crippen molar-refractivity contribution in [2.45, 2.75) is 25.3 Å². The summed E-state index contributed by atoms with van der Waals surface area (Å²) in [6.07, 6.45) is 7.53. The van der Waals surface area contributed by atoms with Gasteiger partial charge in [-0.25, -0.2) is 0 Å². The molecule has 150 valence electrons. The van der Waals surface area contributed by atoms with Crippen LogP contribution in [0.5, 0.6) is 0 Å². The number of halogens is 2. The van der Waals surface area contributed by atoms with E-state index in [4.69, 9.17) is 23.2 Å². The molecule has 5 rings (SSSR count). The molecule has 0 fully saturated rings. The van der Waals surface area contributed by atoms with Gasteiger partial charge in [-0.15, -0.1) is 0 Å². The van der Waals surface area contributed by atoms with Gasteiger partial charge in [0, 0.05) is 23.4 Å². The number of hydrogen-bond acceptors (Lipinski definition) is 2. The molecule has 0 saturated carbocycles. The minimum Gasteiger partial charge on any atom is -0.378 e. The maximum atomic E-state index is 6.24. The molecule has 0 saturated heterocycles. The van der Waals surface area contributed by atoms with E-state index in [1.807, 2.05) is 18.2 Å². The summed E-state index contributed by atoms with van der Waals surface area (Å²) in [6.45, 7) is 2.16. The summed E-state index contributed by atoms with van der Waals surface area (Å²) < 4.78 is 0. The Bertz CT molecular complexity index is 1130. The van der Waals surface area contributed by atoms with Crippen molar-refractivity contribution in [2.75, 3.05) is 5.32 Å². The quantitative estimate of drug-likeness (QED) is 0.330. The van der Waals surface area contributed by atoms with Crippen molar-refractivity contribution in [1.29, 1.82) is 0 Å². The van der Waals surface area contributed by atoms with Crippen molar-refractivity contribution in [3.63, 3.8) is 0 Å². The normalized spacial score (nSPS) is 22.0. The highest BCUT2D eigenvalue weighted by Crippen LogP contribution is 2.50. The zero-order valence-corrected chi connectivity index (χ0v) is 18.2. The minimum atomic E-state index is 0.288. The van der Waals surface area contributed by atoms with Crippen LogP contribution in [0.1, 0.15) is 40.6 Å². The van der Waals surface area contributed by atoms with Crippen molar-refractivity contribution in [2.24, 2.45) is 10.9 Å². The predicted octanol–water partition coefficient (Wildman–Crippen LogP) is 7.88. The number of aryl methyl sites for hydroxylation is 1. The third-order valence-corrected chi connectivity index (χ3v) is 6.77. The van der Waals surface area contributed by atoms with Crippen LogP contribution in [0.3, 0.4) is 0 Å². The topological polar surface area (TPSA) is 24.4 Å². The fraction of sp³-hybridized carbons (Fsp3) is 0.192. The molecule has 1 heterocycles. The van der Waals surface area contributed by atoms with Crippen molar-refractivity contribution < 1.29 is 0 Å². The molecular weight excluding hydrogens is 411 g/mol. The largest absolute Gasteiger partial charge is 0.378 e.